The Morgan fingerprint density at radius 1 is 1.17 bits per heavy atom. The zero-order valence-corrected chi connectivity index (χ0v) is 17.5. The number of likely N-dealkylation sites (tertiary alicyclic amines) is 1. The molecule has 1 aliphatic heterocycles. The van der Waals surface area contributed by atoms with E-state index in [9.17, 15) is 4.79 Å². The lowest BCUT2D eigenvalue weighted by molar-refractivity contribution is 0.0714. The molecule has 1 amide bonds. The first-order chi connectivity index (χ1) is 14.1. The van der Waals surface area contributed by atoms with Crippen LogP contribution in [0.4, 0.5) is 0 Å². The molecule has 1 aliphatic rings. The number of aromatic nitrogens is 2. The van der Waals surface area contributed by atoms with Crippen LogP contribution in [0.1, 0.15) is 53.7 Å². The van der Waals surface area contributed by atoms with Crippen molar-refractivity contribution >= 4 is 16.8 Å². The number of rotatable bonds is 5. The number of hydrogen-bond donors (Lipinski definition) is 0. The summed E-state index contributed by atoms with van der Waals surface area (Å²) in [6.07, 6.45) is 6.72. The van der Waals surface area contributed by atoms with Crippen molar-refractivity contribution in [3.8, 4) is 5.75 Å². The van der Waals surface area contributed by atoms with Gasteiger partial charge in [0.2, 0.25) is 0 Å². The summed E-state index contributed by atoms with van der Waals surface area (Å²) in [7, 11) is 1.67. The Morgan fingerprint density at radius 3 is 2.55 bits per heavy atom. The highest BCUT2D eigenvalue weighted by Crippen LogP contribution is 2.33. The summed E-state index contributed by atoms with van der Waals surface area (Å²) in [6.45, 7) is 6.72. The van der Waals surface area contributed by atoms with Crippen LogP contribution in [-0.4, -0.2) is 40.6 Å². The molecule has 0 N–H and O–H groups in total. The molecule has 0 bridgehead atoms. The van der Waals surface area contributed by atoms with Gasteiger partial charge in [-0.1, -0.05) is 6.92 Å². The van der Waals surface area contributed by atoms with Gasteiger partial charge in [0.15, 0.2) is 0 Å². The number of hydrogen-bond acceptors (Lipinski definition) is 3. The lowest BCUT2D eigenvalue weighted by Gasteiger charge is -2.32. The molecule has 0 unspecified atom stereocenters. The van der Waals surface area contributed by atoms with Gasteiger partial charge in [-0.2, -0.15) is 0 Å². The van der Waals surface area contributed by atoms with Crippen molar-refractivity contribution in [3.05, 3.63) is 59.5 Å². The molecule has 0 atom stereocenters. The number of pyridine rings is 1. The maximum absolute atomic E-state index is 13.6. The number of aryl methyl sites for hydroxylation is 1. The number of benzene rings is 1. The Labute approximate surface area is 172 Å². The van der Waals surface area contributed by atoms with E-state index in [2.05, 4.69) is 41.6 Å². The minimum Gasteiger partial charge on any atom is -0.497 e. The molecule has 29 heavy (non-hydrogen) atoms. The minimum atomic E-state index is 0.142. The van der Waals surface area contributed by atoms with Crippen LogP contribution < -0.4 is 4.74 Å². The van der Waals surface area contributed by atoms with Crippen LogP contribution in [0.5, 0.6) is 5.75 Å². The Bertz CT molecular complexity index is 1000. The van der Waals surface area contributed by atoms with Crippen molar-refractivity contribution in [3.63, 3.8) is 0 Å². The van der Waals surface area contributed by atoms with Crippen molar-refractivity contribution in [1.29, 1.82) is 0 Å². The van der Waals surface area contributed by atoms with Crippen LogP contribution in [0.2, 0.25) is 0 Å². The van der Waals surface area contributed by atoms with E-state index in [0.717, 1.165) is 66.8 Å². The predicted molar refractivity (Wildman–Crippen MR) is 116 cm³/mol. The standard InChI is InChI=1S/C24H29N3O2/c1-4-13-27-17(2)23(21-16-20(29-3)5-6-22(21)27)24(28)26-14-9-19(10-15-26)18-7-11-25-12-8-18/h5-8,11-12,16,19H,4,9-10,13-15H2,1-3H3. The van der Waals surface area contributed by atoms with Gasteiger partial charge in [0.1, 0.15) is 5.75 Å². The van der Waals surface area contributed by atoms with Crippen molar-refractivity contribution in [2.45, 2.75) is 45.6 Å². The number of nitrogens with zero attached hydrogens (tertiary/aromatic N) is 3. The highest BCUT2D eigenvalue weighted by atomic mass is 16.5. The maximum atomic E-state index is 13.6. The van der Waals surface area contributed by atoms with Crippen molar-refractivity contribution in [1.82, 2.24) is 14.5 Å². The Hall–Kier alpha value is -2.82. The molecular formula is C24H29N3O2. The molecule has 0 spiro atoms. The van der Waals surface area contributed by atoms with Gasteiger partial charge >= 0.3 is 0 Å². The second-order valence-corrected chi connectivity index (χ2v) is 7.84. The Kier molecular flexibility index (Phi) is 5.56. The fourth-order valence-corrected chi connectivity index (χ4v) is 4.58. The summed E-state index contributed by atoms with van der Waals surface area (Å²) in [5, 5.41) is 0.997. The number of fused-ring (bicyclic) bond motifs is 1. The quantitative estimate of drug-likeness (QED) is 0.629. The Morgan fingerprint density at radius 2 is 1.90 bits per heavy atom. The lowest BCUT2D eigenvalue weighted by atomic mass is 9.90. The smallest absolute Gasteiger partial charge is 0.256 e. The fourth-order valence-electron chi connectivity index (χ4n) is 4.58. The van der Waals surface area contributed by atoms with E-state index in [0.29, 0.717) is 5.92 Å². The third kappa shape index (κ3) is 3.61. The van der Waals surface area contributed by atoms with Gasteiger partial charge in [0.25, 0.3) is 5.91 Å². The third-order valence-electron chi connectivity index (χ3n) is 6.15. The topological polar surface area (TPSA) is 47.4 Å². The monoisotopic (exact) mass is 391 g/mol. The summed E-state index contributed by atoms with van der Waals surface area (Å²) in [4.78, 5) is 19.7. The normalized spacial score (nSPS) is 15.1. The van der Waals surface area contributed by atoms with Gasteiger partial charge < -0.3 is 14.2 Å². The number of carbonyl (C=O) groups is 1. The summed E-state index contributed by atoms with van der Waals surface area (Å²) < 4.78 is 7.70. The predicted octanol–water partition coefficient (Wildman–Crippen LogP) is 4.78. The molecule has 3 heterocycles. The first-order valence-electron chi connectivity index (χ1n) is 10.5. The maximum Gasteiger partial charge on any atom is 0.256 e. The SMILES string of the molecule is CCCn1c(C)c(C(=O)N2CCC(c3ccncc3)CC2)c2cc(OC)ccc21. The third-order valence-corrected chi connectivity index (χ3v) is 6.15. The van der Waals surface area contributed by atoms with Crippen molar-refractivity contribution in [2.24, 2.45) is 0 Å². The molecule has 1 fully saturated rings. The van der Waals surface area contributed by atoms with Crippen LogP contribution in [-0.2, 0) is 6.54 Å². The molecule has 0 radical (unpaired) electrons. The van der Waals surface area contributed by atoms with Crippen molar-refractivity contribution < 1.29 is 9.53 Å². The molecule has 5 heteroatoms. The van der Waals surface area contributed by atoms with E-state index in [4.69, 9.17) is 4.74 Å². The van der Waals surface area contributed by atoms with E-state index in [1.807, 2.05) is 29.4 Å². The number of methoxy groups -OCH3 is 1. The molecule has 0 aliphatic carbocycles. The van der Waals surface area contributed by atoms with Gasteiger partial charge in [0.05, 0.1) is 12.7 Å². The average molecular weight is 392 g/mol. The molecule has 2 aromatic heterocycles. The zero-order chi connectivity index (χ0) is 20.4. The summed E-state index contributed by atoms with van der Waals surface area (Å²) >= 11 is 0. The highest BCUT2D eigenvalue weighted by Gasteiger charge is 2.28. The van der Waals surface area contributed by atoms with Gasteiger partial charge in [-0.15, -0.1) is 0 Å². The zero-order valence-electron chi connectivity index (χ0n) is 17.5. The minimum absolute atomic E-state index is 0.142. The number of amides is 1. The van der Waals surface area contributed by atoms with Gasteiger partial charge in [-0.3, -0.25) is 9.78 Å². The Balaban J connectivity index is 1.62. The van der Waals surface area contributed by atoms with E-state index in [1.54, 1.807) is 7.11 Å². The number of carbonyl (C=O) groups excluding carboxylic acids is 1. The molecule has 3 aromatic rings. The number of piperidine rings is 1. The summed E-state index contributed by atoms with van der Waals surface area (Å²) in [6, 6.07) is 10.2. The van der Waals surface area contributed by atoms with Crippen LogP contribution in [0.3, 0.4) is 0 Å². The summed E-state index contributed by atoms with van der Waals surface area (Å²) in [5.74, 6) is 1.44. The molecule has 1 saturated heterocycles. The first kappa shape index (κ1) is 19.5. The van der Waals surface area contributed by atoms with E-state index < -0.39 is 0 Å². The number of ether oxygens (including phenoxy) is 1. The molecule has 5 nitrogen and oxygen atoms in total. The molecule has 4 rings (SSSR count). The second-order valence-electron chi connectivity index (χ2n) is 7.84. The van der Waals surface area contributed by atoms with Crippen LogP contribution in [0.25, 0.3) is 10.9 Å². The van der Waals surface area contributed by atoms with E-state index in [-0.39, 0.29) is 5.91 Å². The van der Waals surface area contributed by atoms with Crippen LogP contribution >= 0.6 is 0 Å². The fraction of sp³-hybridized carbons (Fsp3) is 0.417. The molecular weight excluding hydrogens is 362 g/mol. The molecule has 152 valence electrons. The van der Waals surface area contributed by atoms with Gasteiger partial charge in [0, 0.05) is 48.6 Å². The van der Waals surface area contributed by atoms with Crippen LogP contribution in [0.15, 0.2) is 42.7 Å². The van der Waals surface area contributed by atoms with Gasteiger partial charge in [-0.25, -0.2) is 0 Å². The lowest BCUT2D eigenvalue weighted by Crippen LogP contribution is -2.38. The van der Waals surface area contributed by atoms with E-state index in [1.165, 1.54) is 5.56 Å². The first-order valence-corrected chi connectivity index (χ1v) is 10.5. The molecule has 1 aromatic carbocycles. The highest BCUT2D eigenvalue weighted by molar-refractivity contribution is 6.08. The van der Waals surface area contributed by atoms with Crippen molar-refractivity contribution in [2.75, 3.05) is 20.2 Å². The largest absolute Gasteiger partial charge is 0.497 e. The average Bonchev–Trinajstić information content (AvgIpc) is 3.05. The second kappa shape index (κ2) is 8.27. The molecule has 0 saturated carbocycles. The van der Waals surface area contributed by atoms with Gasteiger partial charge in [-0.05, 0) is 68.0 Å². The van der Waals surface area contributed by atoms with Crippen LogP contribution in [0, 0.1) is 6.92 Å². The van der Waals surface area contributed by atoms with E-state index >= 15 is 0 Å². The summed E-state index contributed by atoms with van der Waals surface area (Å²) in [5.41, 5.74) is 4.32.